The Bertz CT molecular complexity index is 565. The van der Waals surface area contributed by atoms with Crippen LogP contribution in [0.5, 0.6) is 0 Å². The molecule has 1 saturated heterocycles. The number of ether oxygens (including phenoxy) is 1. The number of carbonyl (C=O) groups is 1. The van der Waals surface area contributed by atoms with Crippen LogP contribution in [0.3, 0.4) is 0 Å². The summed E-state index contributed by atoms with van der Waals surface area (Å²) in [6, 6.07) is 8.33. The van der Waals surface area contributed by atoms with E-state index in [2.05, 4.69) is 53.2 Å². The van der Waals surface area contributed by atoms with Crippen molar-refractivity contribution < 1.29 is 14.0 Å². The van der Waals surface area contributed by atoms with Gasteiger partial charge in [-0.1, -0.05) is 53.5 Å². The molecule has 1 aliphatic rings. The van der Waals surface area contributed by atoms with Crippen LogP contribution < -0.4 is 0 Å². The normalized spacial score (nSPS) is 16.9. The minimum Gasteiger partial charge on any atom is -0.462 e. The second-order valence-corrected chi connectivity index (χ2v) is 7.89. The highest BCUT2D eigenvalue weighted by Crippen LogP contribution is 2.20. The number of allylic oxidation sites excluding steroid dienone is 1. The van der Waals surface area contributed by atoms with Crippen LogP contribution in [0.4, 0.5) is 0 Å². The molecule has 4 heteroatoms. The van der Waals surface area contributed by atoms with Crippen molar-refractivity contribution in [3.63, 3.8) is 0 Å². The Kier molecular flexibility index (Phi) is 8.70. The fourth-order valence-corrected chi connectivity index (χ4v) is 3.86. The van der Waals surface area contributed by atoms with Crippen molar-refractivity contribution in [1.29, 1.82) is 0 Å². The van der Waals surface area contributed by atoms with Crippen LogP contribution in [0.2, 0.25) is 0 Å². The van der Waals surface area contributed by atoms with E-state index in [9.17, 15) is 4.79 Å². The molecule has 0 aromatic heterocycles. The lowest BCUT2D eigenvalue weighted by molar-refractivity contribution is -0.920. The molecule has 0 saturated carbocycles. The monoisotopic (exact) mass is 408 g/mol. The van der Waals surface area contributed by atoms with Gasteiger partial charge in [0.15, 0.2) is 6.54 Å². The molecule has 0 radical (unpaired) electrons. The molecule has 0 aliphatic carbocycles. The molecule has 1 aromatic carbocycles. The highest BCUT2D eigenvalue weighted by molar-refractivity contribution is 9.10. The average molecular weight is 409 g/mol. The van der Waals surface area contributed by atoms with E-state index < -0.39 is 0 Å². The Morgan fingerprint density at radius 2 is 1.96 bits per heavy atom. The first-order valence-corrected chi connectivity index (χ1v) is 10.3. The standard InChI is InChI=1S/C21H31BrNO2/c1-2-3-17-25-21(24)18-23(14-8-4-9-15-23)16-10-7-12-19-11-5-6-13-20(19)22/h5-7,10-11,13H,2-4,8-9,12,14-18H2,1H3/q+1/b10-7+. The number of carbonyl (C=O) groups excluding carboxylic acids is 1. The summed E-state index contributed by atoms with van der Waals surface area (Å²) in [5, 5.41) is 0. The van der Waals surface area contributed by atoms with Gasteiger partial charge in [-0.3, -0.25) is 0 Å². The van der Waals surface area contributed by atoms with Gasteiger partial charge in [0.05, 0.1) is 26.2 Å². The SMILES string of the molecule is CCCCOC(=O)C[N+]1(C/C=C/Cc2ccccc2Br)CCCCC1. The fourth-order valence-electron chi connectivity index (χ4n) is 3.41. The maximum atomic E-state index is 12.2. The average Bonchev–Trinajstić information content (AvgIpc) is 2.61. The maximum absolute atomic E-state index is 12.2. The molecule has 0 N–H and O–H groups in total. The van der Waals surface area contributed by atoms with Crippen LogP contribution in [0, 0.1) is 0 Å². The third-order valence-corrected chi connectivity index (χ3v) is 5.72. The molecule has 3 nitrogen and oxygen atoms in total. The largest absolute Gasteiger partial charge is 0.462 e. The molecule has 138 valence electrons. The smallest absolute Gasteiger partial charge is 0.361 e. The number of hydrogen-bond acceptors (Lipinski definition) is 2. The highest BCUT2D eigenvalue weighted by atomic mass is 79.9. The predicted octanol–water partition coefficient (Wildman–Crippen LogP) is 4.89. The first-order valence-electron chi connectivity index (χ1n) is 9.54. The van der Waals surface area contributed by atoms with Gasteiger partial charge in [-0.05, 0) is 49.8 Å². The number of quaternary nitrogens is 1. The summed E-state index contributed by atoms with van der Waals surface area (Å²) in [4.78, 5) is 12.2. The van der Waals surface area contributed by atoms with Crippen LogP contribution in [0.15, 0.2) is 40.9 Å². The zero-order valence-corrected chi connectivity index (χ0v) is 17.0. The molecule has 0 amide bonds. The molecule has 0 spiro atoms. The lowest BCUT2D eigenvalue weighted by atomic mass is 10.1. The van der Waals surface area contributed by atoms with Crippen LogP contribution in [0.1, 0.15) is 44.6 Å². The Balaban J connectivity index is 1.89. The minimum absolute atomic E-state index is 0.0328. The topological polar surface area (TPSA) is 26.3 Å². The van der Waals surface area contributed by atoms with Crippen LogP contribution >= 0.6 is 15.9 Å². The van der Waals surface area contributed by atoms with E-state index in [1.165, 1.54) is 24.8 Å². The predicted molar refractivity (Wildman–Crippen MR) is 106 cm³/mol. The molecule has 0 unspecified atom stereocenters. The second kappa shape index (κ2) is 10.8. The molecular formula is C21H31BrNO2+. The minimum atomic E-state index is -0.0328. The van der Waals surface area contributed by atoms with E-state index in [0.29, 0.717) is 13.2 Å². The highest BCUT2D eigenvalue weighted by Gasteiger charge is 2.32. The molecule has 0 atom stereocenters. The summed E-state index contributed by atoms with van der Waals surface area (Å²) in [5.74, 6) is -0.0328. The number of esters is 1. The van der Waals surface area contributed by atoms with Crippen molar-refractivity contribution in [2.24, 2.45) is 0 Å². The van der Waals surface area contributed by atoms with Crippen molar-refractivity contribution in [2.75, 3.05) is 32.8 Å². The Hall–Kier alpha value is -1.13. The second-order valence-electron chi connectivity index (χ2n) is 7.03. The van der Waals surface area contributed by atoms with Crippen LogP contribution in [-0.2, 0) is 16.0 Å². The van der Waals surface area contributed by atoms with Crippen molar-refractivity contribution in [1.82, 2.24) is 0 Å². The molecular weight excluding hydrogens is 378 g/mol. The number of nitrogens with zero attached hydrogens (tertiary/aromatic N) is 1. The molecule has 2 rings (SSSR count). The van der Waals surface area contributed by atoms with E-state index in [0.717, 1.165) is 47.9 Å². The van der Waals surface area contributed by atoms with Crippen molar-refractivity contribution in [2.45, 2.75) is 45.4 Å². The van der Waals surface area contributed by atoms with Crippen LogP contribution in [-0.4, -0.2) is 43.2 Å². The molecule has 25 heavy (non-hydrogen) atoms. The lowest BCUT2D eigenvalue weighted by Crippen LogP contribution is -2.54. The van der Waals surface area contributed by atoms with Gasteiger partial charge in [0.25, 0.3) is 0 Å². The van der Waals surface area contributed by atoms with Crippen molar-refractivity contribution in [3.05, 3.63) is 46.5 Å². The van der Waals surface area contributed by atoms with E-state index in [-0.39, 0.29) is 5.97 Å². The van der Waals surface area contributed by atoms with E-state index in [1.54, 1.807) is 0 Å². The maximum Gasteiger partial charge on any atom is 0.361 e. The number of hydrogen-bond donors (Lipinski definition) is 0. The summed E-state index contributed by atoms with van der Waals surface area (Å²) in [5.41, 5.74) is 1.29. The Morgan fingerprint density at radius 3 is 2.68 bits per heavy atom. The van der Waals surface area contributed by atoms with Crippen molar-refractivity contribution in [3.8, 4) is 0 Å². The van der Waals surface area contributed by atoms with Crippen LogP contribution in [0.25, 0.3) is 0 Å². The summed E-state index contributed by atoms with van der Waals surface area (Å²) in [7, 11) is 0. The summed E-state index contributed by atoms with van der Waals surface area (Å²) in [6.45, 7) is 6.29. The van der Waals surface area contributed by atoms with E-state index in [4.69, 9.17) is 4.74 Å². The van der Waals surface area contributed by atoms with Gasteiger partial charge < -0.3 is 9.22 Å². The number of rotatable bonds is 9. The van der Waals surface area contributed by atoms with E-state index >= 15 is 0 Å². The fraction of sp³-hybridized carbons (Fsp3) is 0.571. The molecule has 1 fully saturated rings. The number of unbranched alkanes of at least 4 members (excludes halogenated alkanes) is 1. The molecule has 1 aromatic rings. The first-order chi connectivity index (χ1) is 12.2. The number of halogens is 1. The van der Waals surface area contributed by atoms with Gasteiger partial charge in [0.2, 0.25) is 0 Å². The summed E-state index contributed by atoms with van der Waals surface area (Å²) >= 11 is 3.60. The third kappa shape index (κ3) is 6.95. The third-order valence-electron chi connectivity index (χ3n) is 4.95. The summed E-state index contributed by atoms with van der Waals surface area (Å²) < 4.78 is 7.43. The number of likely N-dealkylation sites (tertiary alicyclic amines) is 1. The summed E-state index contributed by atoms with van der Waals surface area (Å²) in [6.07, 6.45) is 11.1. The zero-order valence-electron chi connectivity index (χ0n) is 15.4. The zero-order chi connectivity index (χ0) is 18.0. The quantitative estimate of drug-likeness (QED) is 0.251. The van der Waals surface area contributed by atoms with Gasteiger partial charge in [-0.25, -0.2) is 4.79 Å². The van der Waals surface area contributed by atoms with Gasteiger partial charge in [-0.2, -0.15) is 0 Å². The van der Waals surface area contributed by atoms with Gasteiger partial charge in [0, 0.05) is 4.47 Å². The molecule has 1 aliphatic heterocycles. The number of piperidine rings is 1. The molecule has 0 bridgehead atoms. The Labute approximate surface area is 160 Å². The van der Waals surface area contributed by atoms with Gasteiger partial charge in [-0.15, -0.1) is 0 Å². The molecule has 1 heterocycles. The van der Waals surface area contributed by atoms with Crippen molar-refractivity contribution >= 4 is 21.9 Å². The lowest BCUT2D eigenvalue weighted by Gasteiger charge is -2.39. The van der Waals surface area contributed by atoms with E-state index in [1.807, 2.05) is 6.07 Å². The number of benzene rings is 1. The first kappa shape index (κ1) is 20.2. The van der Waals surface area contributed by atoms with Gasteiger partial charge >= 0.3 is 5.97 Å². The van der Waals surface area contributed by atoms with Gasteiger partial charge in [0.1, 0.15) is 0 Å². The Morgan fingerprint density at radius 1 is 1.20 bits per heavy atom.